The molecular formula is C11H20FN5O. The van der Waals surface area contributed by atoms with Crippen LogP contribution in [0, 0.1) is 11.7 Å². The highest BCUT2D eigenvalue weighted by molar-refractivity contribution is 5.40. The standard InChI is InChI=1S/C11H20FN5O/c1-8(2)3-5-18-6-4-14-10-9(12)7-15-11(16-10)17-13/h7-8H,3-6,13H2,1-2H3,(H2,14,15,16,17). The summed E-state index contributed by atoms with van der Waals surface area (Å²) >= 11 is 0. The van der Waals surface area contributed by atoms with E-state index in [1.54, 1.807) is 0 Å². The van der Waals surface area contributed by atoms with E-state index in [0.717, 1.165) is 12.6 Å². The third-order valence-electron chi connectivity index (χ3n) is 2.25. The Kier molecular flexibility index (Phi) is 6.31. The summed E-state index contributed by atoms with van der Waals surface area (Å²) in [6.45, 7) is 5.97. The molecule has 6 nitrogen and oxygen atoms in total. The molecule has 0 radical (unpaired) electrons. The van der Waals surface area contributed by atoms with Gasteiger partial charge >= 0.3 is 0 Å². The maximum Gasteiger partial charge on any atom is 0.239 e. The summed E-state index contributed by atoms with van der Waals surface area (Å²) in [5.74, 6) is 5.53. The minimum Gasteiger partial charge on any atom is -0.380 e. The Bertz CT molecular complexity index is 361. The summed E-state index contributed by atoms with van der Waals surface area (Å²) in [7, 11) is 0. The van der Waals surface area contributed by atoms with Crippen molar-refractivity contribution < 1.29 is 9.13 Å². The van der Waals surface area contributed by atoms with Crippen molar-refractivity contribution in [2.75, 3.05) is 30.5 Å². The summed E-state index contributed by atoms with van der Waals surface area (Å²) in [4.78, 5) is 7.49. The monoisotopic (exact) mass is 257 g/mol. The molecule has 1 rings (SSSR count). The molecule has 1 heterocycles. The van der Waals surface area contributed by atoms with Crippen LogP contribution in [0.1, 0.15) is 20.3 Å². The molecule has 0 atom stereocenters. The van der Waals surface area contributed by atoms with Gasteiger partial charge in [0.25, 0.3) is 0 Å². The van der Waals surface area contributed by atoms with E-state index in [0.29, 0.717) is 25.7 Å². The van der Waals surface area contributed by atoms with E-state index < -0.39 is 5.82 Å². The van der Waals surface area contributed by atoms with Crippen LogP contribution in [-0.2, 0) is 4.74 Å². The van der Waals surface area contributed by atoms with E-state index >= 15 is 0 Å². The van der Waals surface area contributed by atoms with Gasteiger partial charge in [0.1, 0.15) is 0 Å². The largest absolute Gasteiger partial charge is 0.380 e. The fourth-order valence-electron chi connectivity index (χ4n) is 1.22. The Labute approximate surface area is 106 Å². The predicted octanol–water partition coefficient (Wildman–Crippen LogP) is 1.38. The normalized spacial score (nSPS) is 10.7. The van der Waals surface area contributed by atoms with Crippen LogP contribution in [0.3, 0.4) is 0 Å². The van der Waals surface area contributed by atoms with E-state index in [1.165, 1.54) is 0 Å². The van der Waals surface area contributed by atoms with Gasteiger partial charge in [-0.1, -0.05) is 13.8 Å². The van der Waals surface area contributed by atoms with Gasteiger partial charge in [-0.15, -0.1) is 0 Å². The van der Waals surface area contributed by atoms with Crippen molar-refractivity contribution in [3.63, 3.8) is 0 Å². The lowest BCUT2D eigenvalue weighted by molar-refractivity contribution is 0.132. The number of nitrogens with one attached hydrogen (secondary N) is 2. The van der Waals surface area contributed by atoms with Crippen LogP contribution in [0.15, 0.2) is 6.20 Å². The van der Waals surface area contributed by atoms with Gasteiger partial charge in [0, 0.05) is 13.2 Å². The summed E-state index contributed by atoms with van der Waals surface area (Å²) in [6, 6.07) is 0. The first kappa shape index (κ1) is 14.6. The second-order valence-corrected chi connectivity index (χ2v) is 4.26. The Morgan fingerprint density at radius 2 is 2.22 bits per heavy atom. The van der Waals surface area contributed by atoms with Crippen LogP contribution >= 0.6 is 0 Å². The second-order valence-electron chi connectivity index (χ2n) is 4.26. The van der Waals surface area contributed by atoms with E-state index in [9.17, 15) is 4.39 Å². The molecule has 0 unspecified atom stereocenters. The van der Waals surface area contributed by atoms with Gasteiger partial charge in [0.2, 0.25) is 5.95 Å². The van der Waals surface area contributed by atoms with Crippen molar-refractivity contribution in [3.05, 3.63) is 12.0 Å². The number of rotatable bonds is 8. The first-order valence-corrected chi connectivity index (χ1v) is 5.94. The average molecular weight is 257 g/mol. The molecule has 1 aromatic heterocycles. The summed E-state index contributed by atoms with van der Waals surface area (Å²) in [5.41, 5.74) is 2.26. The zero-order valence-corrected chi connectivity index (χ0v) is 10.7. The summed E-state index contributed by atoms with van der Waals surface area (Å²) in [5, 5.41) is 2.83. The number of anilines is 2. The van der Waals surface area contributed by atoms with E-state index in [-0.39, 0.29) is 11.8 Å². The number of hydrogen-bond acceptors (Lipinski definition) is 6. The molecule has 0 fully saturated rings. The molecule has 18 heavy (non-hydrogen) atoms. The maximum absolute atomic E-state index is 13.3. The zero-order chi connectivity index (χ0) is 13.4. The molecule has 1 aromatic rings. The number of nitrogens with zero attached hydrogens (tertiary/aromatic N) is 2. The molecule has 0 aliphatic carbocycles. The van der Waals surface area contributed by atoms with Gasteiger partial charge in [-0.3, -0.25) is 5.43 Å². The van der Waals surface area contributed by atoms with Gasteiger partial charge < -0.3 is 10.1 Å². The summed E-state index contributed by atoms with van der Waals surface area (Å²) in [6.07, 6.45) is 2.08. The summed E-state index contributed by atoms with van der Waals surface area (Å²) < 4.78 is 18.7. The second kappa shape index (κ2) is 7.78. The van der Waals surface area contributed by atoms with Crippen molar-refractivity contribution >= 4 is 11.8 Å². The number of nitrogen functional groups attached to an aromatic ring is 1. The van der Waals surface area contributed by atoms with Crippen LogP contribution in [0.25, 0.3) is 0 Å². The Balaban J connectivity index is 2.26. The van der Waals surface area contributed by atoms with Crippen molar-refractivity contribution in [2.24, 2.45) is 11.8 Å². The van der Waals surface area contributed by atoms with E-state index in [1.807, 2.05) is 0 Å². The molecule has 4 N–H and O–H groups in total. The quantitative estimate of drug-likeness (QED) is 0.370. The van der Waals surface area contributed by atoms with Gasteiger partial charge in [-0.05, 0) is 12.3 Å². The minimum absolute atomic E-state index is 0.116. The van der Waals surface area contributed by atoms with Crippen molar-refractivity contribution in [1.82, 2.24) is 9.97 Å². The van der Waals surface area contributed by atoms with Crippen molar-refractivity contribution in [1.29, 1.82) is 0 Å². The molecule has 0 spiro atoms. The molecule has 0 saturated heterocycles. The highest BCUT2D eigenvalue weighted by atomic mass is 19.1. The SMILES string of the molecule is CC(C)CCOCCNc1nc(NN)ncc1F. The van der Waals surface area contributed by atoms with Gasteiger partial charge in [-0.25, -0.2) is 15.2 Å². The highest BCUT2D eigenvalue weighted by Gasteiger charge is 2.05. The van der Waals surface area contributed by atoms with Gasteiger partial charge in [0.05, 0.1) is 12.8 Å². The Morgan fingerprint density at radius 3 is 2.89 bits per heavy atom. The van der Waals surface area contributed by atoms with Crippen LogP contribution in [-0.4, -0.2) is 29.7 Å². The molecule has 0 amide bonds. The smallest absolute Gasteiger partial charge is 0.239 e. The number of nitrogens with two attached hydrogens (primary N) is 1. The third-order valence-corrected chi connectivity index (χ3v) is 2.25. The number of hydrazine groups is 1. The third kappa shape index (κ3) is 5.24. The van der Waals surface area contributed by atoms with Crippen LogP contribution in [0.5, 0.6) is 0 Å². The van der Waals surface area contributed by atoms with Crippen molar-refractivity contribution in [3.8, 4) is 0 Å². The lowest BCUT2D eigenvalue weighted by atomic mass is 10.1. The number of ether oxygens (including phenoxy) is 1. The molecule has 0 aliphatic heterocycles. The fraction of sp³-hybridized carbons (Fsp3) is 0.636. The van der Waals surface area contributed by atoms with Crippen LogP contribution < -0.4 is 16.6 Å². The number of hydrogen-bond donors (Lipinski definition) is 3. The predicted molar refractivity (Wildman–Crippen MR) is 68.6 cm³/mol. The number of halogens is 1. The molecule has 0 saturated carbocycles. The Hall–Kier alpha value is -1.47. The topological polar surface area (TPSA) is 85.1 Å². The first-order valence-electron chi connectivity index (χ1n) is 5.94. The molecule has 102 valence electrons. The molecule has 0 bridgehead atoms. The van der Waals surface area contributed by atoms with Gasteiger partial charge in [-0.2, -0.15) is 4.98 Å². The molecule has 7 heteroatoms. The molecule has 0 aliphatic rings. The van der Waals surface area contributed by atoms with E-state index in [4.69, 9.17) is 10.6 Å². The average Bonchev–Trinajstić information content (AvgIpc) is 2.35. The highest BCUT2D eigenvalue weighted by Crippen LogP contribution is 2.10. The minimum atomic E-state index is -0.517. The van der Waals surface area contributed by atoms with Crippen LogP contribution in [0.4, 0.5) is 16.2 Å². The Morgan fingerprint density at radius 1 is 1.44 bits per heavy atom. The maximum atomic E-state index is 13.3. The fourth-order valence-corrected chi connectivity index (χ4v) is 1.22. The van der Waals surface area contributed by atoms with Crippen molar-refractivity contribution in [2.45, 2.75) is 20.3 Å². The molecular weight excluding hydrogens is 237 g/mol. The van der Waals surface area contributed by atoms with Gasteiger partial charge in [0.15, 0.2) is 11.6 Å². The lowest BCUT2D eigenvalue weighted by Gasteiger charge is -2.09. The lowest BCUT2D eigenvalue weighted by Crippen LogP contribution is -2.15. The molecule has 0 aromatic carbocycles. The zero-order valence-electron chi connectivity index (χ0n) is 10.7. The number of aromatic nitrogens is 2. The van der Waals surface area contributed by atoms with Crippen LogP contribution in [0.2, 0.25) is 0 Å². The van der Waals surface area contributed by atoms with E-state index in [2.05, 4.69) is 34.6 Å². The first-order chi connectivity index (χ1) is 8.63.